The normalized spacial score (nSPS) is 10.6. The van der Waals surface area contributed by atoms with Crippen molar-refractivity contribution < 1.29 is 9.59 Å². The van der Waals surface area contributed by atoms with Gasteiger partial charge in [0.2, 0.25) is 5.91 Å². The first-order valence-electron chi connectivity index (χ1n) is 8.78. The van der Waals surface area contributed by atoms with Crippen LogP contribution in [0, 0.1) is 0 Å². The maximum absolute atomic E-state index is 12.3. The fourth-order valence-electron chi connectivity index (χ4n) is 2.88. The summed E-state index contributed by atoms with van der Waals surface area (Å²) >= 11 is 3.34. The summed E-state index contributed by atoms with van der Waals surface area (Å²) in [5.41, 5.74) is 1.67. The number of hydrogen-bond acceptors (Lipinski definition) is 2. The summed E-state index contributed by atoms with van der Waals surface area (Å²) in [4.78, 5) is 26.1. The Morgan fingerprint density at radius 2 is 1.67 bits per heavy atom. The van der Waals surface area contributed by atoms with E-state index in [1.807, 2.05) is 30.3 Å². The van der Waals surface area contributed by atoms with Crippen LogP contribution in [0.2, 0.25) is 0 Å². The number of benzene rings is 3. The lowest BCUT2D eigenvalue weighted by Crippen LogP contribution is -2.31. The fraction of sp³-hybridized carbons (Fsp3) is 0.182. The first-order valence-corrected chi connectivity index (χ1v) is 9.57. The van der Waals surface area contributed by atoms with Gasteiger partial charge in [-0.15, -0.1) is 0 Å². The van der Waals surface area contributed by atoms with Gasteiger partial charge in [-0.25, -0.2) is 0 Å². The van der Waals surface area contributed by atoms with Crippen molar-refractivity contribution in [1.29, 1.82) is 0 Å². The van der Waals surface area contributed by atoms with Crippen molar-refractivity contribution in [1.82, 2.24) is 10.2 Å². The van der Waals surface area contributed by atoms with Crippen molar-refractivity contribution in [3.63, 3.8) is 0 Å². The van der Waals surface area contributed by atoms with Crippen LogP contribution in [-0.4, -0.2) is 30.3 Å². The minimum absolute atomic E-state index is 0.000681. The van der Waals surface area contributed by atoms with Crippen LogP contribution in [0.1, 0.15) is 22.3 Å². The Morgan fingerprint density at radius 1 is 0.963 bits per heavy atom. The number of fused-ring (bicyclic) bond motifs is 1. The van der Waals surface area contributed by atoms with E-state index >= 15 is 0 Å². The van der Waals surface area contributed by atoms with Gasteiger partial charge in [0.25, 0.3) is 5.91 Å². The molecule has 0 heterocycles. The molecule has 0 radical (unpaired) electrons. The van der Waals surface area contributed by atoms with Crippen molar-refractivity contribution in [3.8, 4) is 0 Å². The number of halogens is 1. The summed E-state index contributed by atoms with van der Waals surface area (Å²) < 4.78 is 0.921. The highest BCUT2D eigenvalue weighted by Crippen LogP contribution is 2.16. The molecule has 138 valence electrons. The van der Waals surface area contributed by atoms with Crippen LogP contribution >= 0.6 is 15.9 Å². The molecule has 5 heteroatoms. The van der Waals surface area contributed by atoms with Crippen molar-refractivity contribution in [2.75, 3.05) is 13.6 Å². The van der Waals surface area contributed by atoms with Gasteiger partial charge in [-0.2, -0.15) is 0 Å². The molecule has 0 saturated carbocycles. The molecule has 3 aromatic carbocycles. The largest absolute Gasteiger partial charge is 0.352 e. The Balaban J connectivity index is 1.49. The molecule has 0 atom stereocenters. The van der Waals surface area contributed by atoms with Gasteiger partial charge >= 0.3 is 0 Å². The monoisotopic (exact) mass is 424 g/mol. The molecular weight excluding hydrogens is 404 g/mol. The molecule has 0 aliphatic carbocycles. The highest BCUT2D eigenvalue weighted by atomic mass is 79.9. The average Bonchev–Trinajstić information content (AvgIpc) is 2.68. The van der Waals surface area contributed by atoms with Crippen LogP contribution < -0.4 is 5.32 Å². The third-order valence-electron chi connectivity index (χ3n) is 4.39. The maximum Gasteiger partial charge on any atom is 0.251 e. The lowest BCUT2D eigenvalue weighted by molar-refractivity contribution is -0.130. The molecule has 1 N–H and O–H groups in total. The second kappa shape index (κ2) is 8.82. The lowest BCUT2D eigenvalue weighted by atomic mass is 10.1. The molecule has 2 amide bonds. The predicted octanol–water partition coefficient (Wildman–Crippen LogP) is 4.38. The van der Waals surface area contributed by atoms with Gasteiger partial charge in [-0.1, -0.05) is 52.3 Å². The zero-order chi connectivity index (χ0) is 19.2. The van der Waals surface area contributed by atoms with Gasteiger partial charge in [0, 0.05) is 36.6 Å². The number of hydrogen-bond donors (Lipinski definition) is 1. The maximum atomic E-state index is 12.3. The Bertz CT molecular complexity index is 954. The third kappa shape index (κ3) is 5.17. The number of nitrogens with zero attached hydrogens (tertiary/aromatic N) is 1. The number of carbonyl (C=O) groups excluding carboxylic acids is 2. The van der Waals surface area contributed by atoms with E-state index in [9.17, 15) is 9.59 Å². The van der Waals surface area contributed by atoms with E-state index in [-0.39, 0.29) is 18.2 Å². The van der Waals surface area contributed by atoms with Crippen molar-refractivity contribution in [3.05, 3.63) is 82.3 Å². The molecule has 0 bridgehead atoms. The van der Waals surface area contributed by atoms with Gasteiger partial charge in [0.05, 0.1) is 0 Å². The van der Waals surface area contributed by atoms with E-state index in [0.29, 0.717) is 18.7 Å². The van der Waals surface area contributed by atoms with Gasteiger partial charge in [-0.05, 0) is 46.7 Å². The van der Waals surface area contributed by atoms with Crippen molar-refractivity contribution in [2.45, 2.75) is 13.0 Å². The molecule has 0 fully saturated rings. The zero-order valence-corrected chi connectivity index (χ0v) is 16.7. The topological polar surface area (TPSA) is 49.4 Å². The van der Waals surface area contributed by atoms with Crippen LogP contribution in [0.3, 0.4) is 0 Å². The Hall–Kier alpha value is -2.66. The van der Waals surface area contributed by atoms with Crippen LogP contribution in [0.15, 0.2) is 71.2 Å². The van der Waals surface area contributed by atoms with Gasteiger partial charge in [0.15, 0.2) is 0 Å². The van der Waals surface area contributed by atoms with Gasteiger partial charge < -0.3 is 10.2 Å². The molecule has 0 aliphatic heterocycles. The predicted molar refractivity (Wildman–Crippen MR) is 112 cm³/mol. The second-order valence-corrected chi connectivity index (χ2v) is 7.36. The average molecular weight is 425 g/mol. The van der Waals surface area contributed by atoms with Crippen molar-refractivity contribution in [2.24, 2.45) is 0 Å². The summed E-state index contributed by atoms with van der Waals surface area (Å²) in [6.07, 6.45) is 0.270. The molecule has 0 aromatic heterocycles. The molecule has 3 aromatic rings. The quantitative estimate of drug-likeness (QED) is 0.637. The molecule has 0 aliphatic rings. The molecule has 0 spiro atoms. The van der Waals surface area contributed by atoms with Crippen LogP contribution in [0.25, 0.3) is 10.8 Å². The zero-order valence-electron chi connectivity index (χ0n) is 15.1. The Labute approximate surface area is 167 Å². The third-order valence-corrected chi connectivity index (χ3v) is 4.92. The van der Waals surface area contributed by atoms with E-state index in [2.05, 4.69) is 45.5 Å². The van der Waals surface area contributed by atoms with E-state index in [1.54, 1.807) is 24.1 Å². The first-order chi connectivity index (χ1) is 13.0. The van der Waals surface area contributed by atoms with Crippen molar-refractivity contribution >= 4 is 38.5 Å². The molecule has 0 saturated heterocycles. The van der Waals surface area contributed by atoms with Crippen LogP contribution in [0.5, 0.6) is 0 Å². The number of rotatable bonds is 6. The van der Waals surface area contributed by atoms with E-state index in [4.69, 9.17) is 0 Å². The highest BCUT2D eigenvalue weighted by molar-refractivity contribution is 9.10. The standard InChI is InChI=1S/C22H21BrN2O2/c1-25(15-16-6-7-17-4-2-3-5-19(17)14-16)21(26)12-13-24-22(27)18-8-10-20(23)11-9-18/h2-11,14H,12-13,15H2,1H3,(H,24,27). The minimum Gasteiger partial charge on any atom is -0.352 e. The van der Waals surface area contributed by atoms with E-state index in [0.717, 1.165) is 15.4 Å². The van der Waals surface area contributed by atoms with Crippen LogP contribution in [-0.2, 0) is 11.3 Å². The molecular formula is C22H21BrN2O2. The fourth-order valence-corrected chi connectivity index (χ4v) is 3.14. The molecule has 27 heavy (non-hydrogen) atoms. The summed E-state index contributed by atoms with van der Waals surface area (Å²) in [5, 5.41) is 5.14. The van der Waals surface area contributed by atoms with E-state index in [1.165, 1.54) is 5.39 Å². The first kappa shape index (κ1) is 19.1. The molecule has 3 rings (SSSR count). The summed E-state index contributed by atoms with van der Waals surface area (Å²) in [6.45, 7) is 0.861. The minimum atomic E-state index is -0.174. The molecule has 0 unspecified atom stereocenters. The number of nitrogens with one attached hydrogen (secondary N) is 1. The molecule has 4 nitrogen and oxygen atoms in total. The van der Waals surface area contributed by atoms with Gasteiger partial charge in [0.1, 0.15) is 0 Å². The number of carbonyl (C=O) groups is 2. The highest BCUT2D eigenvalue weighted by Gasteiger charge is 2.11. The van der Waals surface area contributed by atoms with Crippen LogP contribution in [0.4, 0.5) is 0 Å². The lowest BCUT2D eigenvalue weighted by Gasteiger charge is -2.18. The Morgan fingerprint density at radius 3 is 2.41 bits per heavy atom. The SMILES string of the molecule is CN(Cc1ccc2ccccc2c1)C(=O)CCNC(=O)c1ccc(Br)cc1. The summed E-state index contributed by atoms with van der Waals surface area (Å²) in [6, 6.07) is 21.5. The van der Waals surface area contributed by atoms with E-state index < -0.39 is 0 Å². The number of amides is 2. The second-order valence-electron chi connectivity index (χ2n) is 6.44. The smallest absolute Gasteiger partial charge is 0.251 e. The van der Waals surface area contributed by atoms with Gasteiger partial charge in [-0.3, -0.25) is 9.59 Å². The Kier molecular flexibility index (Phi) is 6.24. The summed E-state index contributed by atoms with van der Waals surface area (Å²) in [7, 11) is 1.79. The summed E-state index contributed by atoms with van der Waals surface area (Å²) in [5.74, 6) is -0.174.